The van der Waals surface area contributed by atoms with Crippen LogP contribution in [0.5, 0.6) is 0 Å². The molecule has 0 saturated carbocycles. The van der Waals surface area contributed by atoms with Crippen molar-refractivity contribution in [2.45, 2.75) is 13.0 Å². The van der Waals surface area contributed by atoms with Gasteiger partial charge in [-0.25, -0.2) is 4.39 Å². The predicted molar refractivity (Wildman–Crippen MR) is 81.7 cm³/mol. The average molecular weight is 311 g/mol. The van der Waals surface area contributed by atoms with Crippen LogP contribution in [0.3, 0.4) is 0 Å². The fraction of sp³-hybridized carbons (Fsp3) is 0.118. The highest BCUT2D eigenvalue weighted by Gasteiger charge is 2.10. The number of hydrogen-bond acceptors (Lipinski definition) is 4. The van der Waals surface area contributed by atoms with E-state index in [2.05, 4.69) is 15.5 Å². The first-order chi connectivity index (χ1) is 11.2. The Hall–Kier alpha value is -3.02. The number of aromatic nitrogens is 2. The molecule has 1 N–H and O–H groups in total. The molecule has 2 aromatic carbocycles. The predicted octanol–water partition coefficient (Wildman–Crippen LogP) is 2.73. The van der Waals surface area contributed by atoms with Gasteiger partial charge in [-0.15, -0.1) is 0 Å². The van der Waals surface area contributed by atoms with Gasteiger partial charge in [0, 0.05) is 5.56 Å². The number of benzene rings is 2. The Labute approximate surface area is 132 Å². The normalized spacial score (nSPS) is 10.5. The molecule has 1 amide bonds. The molecule has 6 heteroatoms. The lowest BCUT2D eigenvalue weighted by Crippen LogP contribution is -2.25. The molecule has 0 unspecified atom stereocenters. The van der Waals surface area contributed by atoms with E-state index in [4.69, 9.17) is 4.52 Å². The Bertz CT molecular complexity index is 802. The second kappa shape index (κ2) is 6.83. The number of amides is 1. The zero-order valence-corrected chi connectivity index (χ0v) is 12.2. The van der Waals surface area contributed by atoms with Gasteiger partial charge in [0.05, 0.1) is 13.0 Å². The second-order valence-electron chi connectivity index (χ2n) is 4.97. The highest BCUT2D eigenvalue weighted by molar-refractivity contribution is 5.78. The van der Waals surface area contributed by atoms with Crippen molar-refractivity contribution in [2.75, 3.05) is 0 Å². The van der Waals surface area contributed by atoms with Gasteiger partial charge < -0.3 is 9.84 Å². The summed E-state index contributed by atoms with van der Waals surface area (Å²) in [5, 5.41) is 6.51. The van der Waals surface area contributed by atoms with Crippen molar-refractivity contribution < 1.29 is 13.7 Å². The number of hydrogen-bond donors (Lipinski definition) is 1. The Morgan fingerprint density at radius 3 is 2.74 bits per heavy atom. The minimum atomic E-state index is -0.360. The van der Waals surface area contributed by atoms with Crippen molar-refractivity contribution >= 4 is 5.91 Å². The first-order valence-corrected chi connectivity index (χ1v) is 7.10. The van der Waals surface area contributed by atoms with E-state index in [1.54, 1.807) is 12.1 Å². The molecule has 0 atom stereocenters. The first-order valence-electron chi connectivity index (χ1n) is 7.10. The van der Waals surface area contributed by atoms with Crippen LogP contribution in [0.2, 0.25) is 0 Å². The van der Waals surface area contributed by atoms with Crippen molar-refractivity contribution in [2.24, 2.45) is 0 Å². The number of nitrogens with zero attached hydrogens (tertiary/aromatic N) is 2. The minimum Gasteiger partial charge on any atom is -0.348 e. The summed E-state index contributed by atoms with van der Waals surface area (Å²) in [7, 11) is 0. The summed E-state index contributed by atoms with van der Waals surface area (Å²) in [6, 6.07) is 15.3. The zero-order valence-electron chi connectivity index (χ0n) is 12.2. The summed E-state index contributed by atoms with van der Waals surface area (Å²) in [6.45, 7) is 0.157. The summed E-state index contributed by atoms with van der Waals surface area (Å²) in [4.78, 5) is 16.1. The van der Waals surface area contributed by atoms with Crippen LogP contribution in [0, 0.1) is 5.82 Å². The topological polar surface area (TPSA) is 68.0 Å². The maximum absolute atomic E-state index is 13.1. The van der Waals surface area contributed by atoms with Crippen LogP contribution in [0.4, 0.5) is 4.39 Å². The van der Waals surface area contributed by atoms with Crippen molar-refractivity contribution in [3.63, 3.8) is 0 Å². The lowest BCUT2D eigenvalue weighted by Gasteiger charge is -2.02. The van der Waals surface area contributed by atoms with E-state index in [1.807, 2.05) is 30.3 Å². The van der Waals surface area contributed by atoms with Gasteiger partial charge in [-0.1, -0.05) is 35.5 Å². The summed E-state index contributed by atoms with van der Waals surface area (Å²) in [5.74, 6) is 0.194. The van der Waals surface area contributed by atoms with E-state index in [0.717, 1.165) is 5.56 Å². The molecule has 0 fully saturated rings. The van der Waals surface area contributed by atoms with Gasteiger partial charge in [-0.3, -0.25) is 4.79 Å². The maximum Gasteiger partial charge on any atom is 0.257 e. The molecule has 0 radical (unpaired) electrons. The quantitative estimate of drug-likeness (QED) is 0.786. The second-order valence-corrected chi connectivity index (χ2v) is 4.97. The van der Waals surface area contributed by atoms with E-state index in [0.29, 0.717) is 17.3 Å². The molecule has 0 aliphatic rings. The average Bonchev–Trinajstić information content (AvgIpc) is 3.03. The third-order valence-electron chi connectivity index (χ3n) is 3.19. The van der Waals surface area contributed by atoms with Crippen LogP contribution in [0.25, 0.3) is 11.5 Å². The molecule has 23 heavy (non-hydrogen) atoms. The molecule has 0 aliphatic carbocycles. The monoisotopic (exact) mass is 311 g/mol. The van der Waals surface area contributed by atoms with Crippen LogP contribution < -0.4 is 5.32 Å². The van der Waals surface area contributed by atoms with Crippen LogP contribution in [0.15, 0.2) is 59.1 Å². The Morgan fingerprint density at radius 2 is 1.96 bits per heavy atom. The van der Waals surface area contributed by atoms with E-state index in [-0.39, 0.29) is 24.7 Å². The molecule has 3 aromatic rings. The van der Waals surface area contributed by atoms with E-state index in [9.17, 15) is 9.18 Å². The number of halogens is 1. The molecule has 116 valence electrons. The van der Waals surface area contributed by atoms with Crippen LogP contribution in [-0.2, 0) is 17.8 Å². The Kier molecular flexibility index (Phi) is 4.42. The Morgan fingerprint density at radius 1 is 1.13 bits per heavy atom. The van der Waals surface area contributed by atoms with E-state index >= 15 is 0 Å². The molecule has 1 aromatic heterocycles. The van der Waals surface area contributed by atoms with E-state index in [1.165, 1.54) is 12.1 Å². The molecule has 0 bridgehead atoms. The third kappa shape index (κ3) is 4.00. The summed E-state index contributed by atoms with van der Waals surface area (Å²) in [5.41, 5.74) is 1.43. The van der Waals surface area contributed by atoms with Gasteiger partial charge in [0.15, 0.2) is 5.82 Å². The van der Waals surface area contributed by atoms with Gasteiger partial charge in [0.1, 0.15) is 5.82 Å². The SMILES string of the molecule is O=C(Cc1cccc(F)c1)NCc1noc(-c2ccccc2)n1. The van der Waals surface area contributed by atoms with Crippen molar-refractivity contribution in [1.29, 1.82) is 0 Å². The van der Waals surface area contributed by atoms with Crippen molar-refractivity contribution in [3.8, 4) is 11.5 Å². The highest BCUT2D eigenvalue weighted by Crippen LogP contribution is 2.15. The number of carbonyl (C=O) groups is 1. The standard InChI is InChI=1S/C17H14FN3O2/c18-14-8-4-5-12(9-14)10-16(22)19-11-15-20-17(23-21-15)13-6-2-1-3-7-13/h1-9H,10-11H2,(H,19,22). The summed E-state index contributed by atoms with van der Waals surface area (Å²) < 4.78 is 18.2. The third-order valence-corrected chi connectivity index (χ3v) is 3.19. The summed E-state index contributed by atoms with van der Waals surface area (Å²) >= 11 is 0. The highest BCUT2D eigenvalue weighted by atomic mass is 19.1. The molecule has 1 heterocycles. The van der Waals surface area contributed by atoms with E-state index < -0.39 is 0 Å². The molecule has 0 saturated heterocycles. The van der Waals surface area contributed by atoms with Crippen molar-refractivity contribution in [1.82, 2.24) is 15.5 Å². The first kappa shape index (κ1) is 14.9. The number of rotatable bonds is 5. The summed E-state index contributed by atoms with van der Waals surface area (Å²) in [6.07, 6.45) is 0.0984. The van der Waals surface area contributed by atoms with Crippen LogP contribution in [-0.4, -0.2) is 16.0 Å². The fourth-order valence-electron chi connectivity index (χ4n) is 2.10. The fourth-order valence-corrected chi connectivity index (χ4v) is 2.10. The lowest BCUT2D eigenvalue weighted by molar-refractivity contribution is -0.120. The van der Waals surface area contributed by atoms with Crippen molar-refractivity contribution in [3.05, 3.63) is 71.8 Å². The maximum atomic E-state index is 13.1. The minimum absolute atomic E-state index is 0.0984. The van der Waals surface area contributed by atoms with Crippen LogP contribution in [0.1, 0.15) is 11.4 Å². The number of carbonyl (C=O) groups excluding carboxylic acids is 1. The Balaban J connectivity index is 1.56. The molecular weight excluding hydrogens is 297 g/mol. The molecule has 5 nitrogen and oxygen atoms in total. The van der Waals surface area contributed by atoms with Gasteiger partial charge in [-0.2, -0.15) is 4.98 Å². The van der Waals surface area contributed by atoms with Gasteiger partial charge in [-0.05, 0) is 29.8 Å². The smallest absolute Gasteiger partial charge is 0.257 e. The molecular formula is C17H14FN3O2. The lowest BCUT2D eigenvalue weighted by atomic mass is 10.1. The molecule has 3 rings (SSSR count). The largest absolute Gasteiger partial charge is 0.348 e. The van der Waals surface area contributed by atoms with Gasteiger partial charge in [0.2, 0.25) is 5.91 Å². The molecule has 0 aliphatic heterocycles. The number of nitrogens with one attached hydrogen (secondary N) is 1. The van der Waals surface area contributed by atoms with Gasteiger partial charge >= 0.3 is 0 Å². The molecule has 0 spiro atoms. The zero-order chi connectivity index (χ0) is 16.1. The van der Waals surface area contributed by atoms with Gasteiger partial charge in [0.25, 0.3) is 5.89 Å². The van der Waals surface area contributed by atoms with Crippen LogP contribution >= 0.6 is 0 Å².